The molecule has 31 heavy (non-hydrogen) atoms. The van der Waals surface area contributed by atoms with Crippen molar-refractivity contribution in [2.75, 3.05) is 39.5 Å². The number of para-hydroxylation sites is 1. The monoisotopic (exact) mass is 440 g/mol. The molecule has 3 aromatic rings. The quantitative estimate of drug-likeness (QED) is 0.582. The molecule has 1 fully saturated rings. The van der Waals surface area contributed by atoms with E-state index in [0.717, 1.165) is 49.8 Å². The molecule has 1 aromatic heterocycles. The van der Waals surface area contributed by atoms with Crippen molar-refractivity contribution >= 4 is 17.5 Å². The number of ether oxygens (including phenoxy) is 2. The van der Waals surface area contributed by atoms with Crippen molar-refractivity contribution in [2.45, 2.75) is 6.54 Å². The molecule has 1 aliphatic heterocycles. The molecule has 162 valence electrons. The van der Waals surface area contributed by atoms with E-state index in [0.29, 0.717) is 23.7 Å². The van der Waals surface area contributed by atoms with Crippen LogP contribution in [0.1, 0.15) is 15.9 Å². The Balaban J connectivity index is 1.28. The molecule has 0 aliphatic carbocycles. The summed E-state index contributed by atoms with van der Waals surface area (Å²) in [6, 6.07) is 15.1. The number of nitrogens with zero attached hydrogens (tertiary/aromatic N) is 3. The minimum Gasteiger partial charge on any atom is -0.492 e. The molecule has 0 unspecified atom stereocenters. The first-order valence-electron chi connectivity index (χ1n) is 10.3. The van der Waals surface area contributed by atoms with Gasteiger partial charge in [-0.2, -0.15) is 5.10 Å². The molecular formula is C23H25ClN4O3. The maximum absolute atomic E-state index is 12.5. The van der Waals surface area contributed by atoms with Gasteiger partial charge in [-0.15, -0.1) is 0 Å². The van der Waals surface area contributed by atoms with E-state index in [1.807, 2.05) is 42.5 Å². The van der Waals surface area contributed by atoms with E-state index in [-0.39, 0.29) is 5.91 Å². The Kier molecular flexibility index (Phi) is 7.19. The Morgan fingerprint density at radius 1 is 1.16 bits per heavy atom. The first kappa shape index (κ1) is 21.4. The molecule has 1 saturated heterocycles. The Morgan fingerprint density at radius 3 is 2.84 bits per heavy atom. The average molecular weight is 441 g/mol. The number of halogens is 1. The van der Waals surface area contributed by atoms with Crippen LogP contribution in [0.15, 0.2) is 60.9 Å². The number of aromatic nitrogens is 2. The van der Waals surface area contributed by atoms with Crippen LogP contribution in [0.3, 0.4) is 0 Å². The second-order valence-electron chi connectivity index (χ2n) is 7.26. The molecule has 0 radical (unpaired) electrons. The second-order valence-corrected chi connectivity index (χ2v) is 7.66. The lowest BCUT2D eigenvalue weighted by Gasteiger charge is -2.26. The number of hydrogen-bond donors (Lipinski definition) is 1. The minimum atomic E-state index is -0.197. The van der Waals surface area contributed by atoms with E-state index in [1.54, 1.807) is 16.9 Å². The lowest BCUT2D eigenvalue weighted by atomic mass is 10.2. The van der Waals surface area contributed by atoms with Crippen LogP contribution in [-0.4, -0.2) is 60.0 Å². The van der Waals surface area contributed by atoms with E-state index in [1.165, 1.54) is 6.20 Å². The average Bonchev–Trinajstić information content (AvgIpc) is 3.29. The molecule has 1 amide bonds. The van der Waals surface area contributed by atoms with Gasteiger partial charge in [0, 0.05) is 32.4 Å². The summed E-state index contributed by atoms with van der Waals surface area (Å²) >= 11 is 6.20. The number of morpholine rings is 1. The van der Waals surface area contributed by atoms with Crippen molar-refractivity contribution < 1.29 is 14.3 Å². The summed E-state index contributed by atoms with van der Waals surface area (Å²) < 4.78 is 12.8. The second kappa shape index (κ2) is 10.4. The zero-order chi connectivity index (χ0) is 21.5. The fraction of sp³-hybridized carbons (Fsp3) is 0.304. The van der Waals surface area contributed by atoms with Gasteiger partial charge in [-0.25, -0.2) is 4.68 Å². The number of hydrogen-bond acceptors (Lipinski definition) is 5. The molecule has 0 bridgehead atoms. The normalized spacial score (nSPS) is 14.4. The molecule has 2 aromatic carbocycles. The zero-order valence-electron chi connectivity index (χ0n) is 17.2. The maximum atomic E-state index is 12.5. The third kappa shape index (κ3) is 5.85. The van der Waals surface area contributed by atoms with Crippen molar-refractivity contribution in [1.29, 1.82) is 0 Å². The van der Waals surface area contributed by atoms with E-state index in [9.17, 15) is 4.79 Å². The van der Waals surface area contributed by atoms with Crippen LogP contribution in [0.4, 0.5) is 0 Å². The molecule has 0 atom stereocenters. The summed E-state index contributed by atoms with van der Waals surface area (Å²) in [5.74, 6) is 0.600. The Labute approximate surface area is 186 Å². The topological polar surface area (TPSA) is 68.6 Å². The van der Waals surface area contributed by atoms with Gasteiger partial charge in [0.05, 0.1) is 35.7 Å². The first-order valence-corrected chi connectivity index (χ1v) is 10.7. The van der Waals surface area contributed by atoms with Gasteiger partial charge in [0.25, 0.3) is 5.91 Å². The lowest BCUT2D eigenvalue weighted by molar-refractivity contribution is 0.0322. The number of carbonyl (C=O) groups excluding carboxylic acids is 1. The highest BCUT2D eigenvalue weighted by molar-refractivity contribution is 6.32. The Hall–Kier alpha value is -2.87. The van der Waals surface area contributed by atoms with Crippen molar-refractivity contribution in [2.24, 2.45) is 0 Å². The maximum Gasteiger partial charge on any atom is 0.254 e. The van der Waals surface area contributed by atoms with Gasteiger partial charge in [-0.3, -0.25) is 9.69 Å². The Bertz CT molecular complexity index is 1020. The third-order valence-corrected chi connectivity index (χ3v) is 5.40. The fourth-order valence-corrected chi connectivity index (χ4v) is 3.58. The number of carbonyl (C=O) groups is 1. The van der Waals surface area contributed by atoms with Crippen LogP contribution in [0.5, 0.6) is 5.75 Å². The molecular weight excluding hydrogens is 416 g/mol. The molecule has 0 saturated carbocycles. The molecule has 7 nitrogen and oxygen atoms in total. The van der Waals surface area contributed by atoms with Gasteiger partial charge < -0.3 is 14.8 Å². The van der Waals surface area contributed by atoms with Crippen LogP contribution in [-0.2, 0) is 11.3 Å². The molecule has 8 heteroatoms. The third-order valence-electron chi connectivity index (χ3n) is 5.08. The van der Waals surface area contributed by atoms with Crippen LogP contribution in [0.25, 0.3) is 5.69 Å². The predicted octanol–water partition coefficient (Wildman–Crippen LogP) is 3.17. The molecule has 1 N–H and O–H groups in total. The van der Waals surface area contributed by atoms with Gasteiger partial charge in [-0.05, 0) is 29.8 Å². The summed E-state index contributed by atoms with van der Waals surface area (Å²) in [6.07, 6.45) is 3.20. The minimum absolute atomic E-state index is 0.197. The van der Waals surface area contributed by atoms with Gasteiger partial charge in [0.1, 0.15) is 12.4 Å². The van der Waals surface area contributed by atoms with E-state index < -0.39 is 0 Å². The summed E-state index contributed by atoms with van der Waals surface area (Å²) in [4.78, 5) is 14.9. The van der Waals surface area contributed by atoms with Crippen LogP contribution in [0, 0.1) is 0 Å². The molecule has 4 rings (SSSR count). The highest BCUT2D eigenvalue weighted by Gasteiger charge is 2.12. The van der Waals surface area contributed by atoms with Crippen molar-refractivity contribution in [1.82, 2.24) is 20.0 Å². The van der Waals surface area contributed by atoms with Crippen LogP contribution >= 0.6 is 11.6 Å². The van der Waals surface area contributed by atoms with Gasteiger partial charge in [0.15, 0.2) is 0 Å². The van der Waals surface area contributed by atoms with E-state index >= 15 is 0 Å². The van der Waals surface area contributed by atoms with Crippen LogP contribution < -0.4 is 10.1 Å². The van der Waals surface area contributed by atoms with Crippen molar-refractivity contribution in [3.8, 4) is 11.4 Å². The van der Waals surface area contributed by atoms with Crippen molar-refractivity contribution in [3.63, 3.8) is 0 Å². The summed E-state index contributed by atoms with van der Waals surface area (Å²) in [7, 11) is 0. The SMILES string of the molecule is O=C(NCc1cccc(OCCN2CCOCC2)c1)c1cnn(-c2ccccc2Cl)c1. The van der Waals surface area contributed by atoms with Crippen molar-refractivity contribution in [3.05, 3.63) is 77.1 Å². The van der Waals surface area contributed by atoms with Gasteiger partial charge in [0.2, 0.25) is 0 Å². The lowest BCUT2D eigenvalue weighted by Crippen LogP contribution is -2.38. The van der Waals surface area contributed by atoms with E-state index in [4.69, 9.17) is 21.1 Å². The van der Waals surface area contributed by atoms with Gasteiger partial charge >= 0.3 is 0 Å². The highest BCUT2D eigenvalue weighted by atomic mass is 35.5. The summed E-state index contributed by atoms with van der Waals surface area (Å²) in [5, 5.41) is 7.75. The summed E-state index contributed by atoms with van der Waals surface area (Å²) in [6.45, 7) is 5.36. The zero-order valence-corrected chi connectivity index (χ0v) is 17.9. The first-order chi connectivity index (χ1) is 15.2. The predicted molar refractivity (Wildman–Crippen MR) is 119 cm³/mol. The van der Waals surface area contributed by atoms with Crippen LogP contribution in [0.2, 0.25) is 5.02 Å². The molecule has 0 spiro atoms. The standard InChI is InChI=1S/C23H25ClN4O3/c24-21-6-1-2-7-22(21)28-17-19(16-26-28)23(29)25-15-18-4-3-5-20(14-18)31-13-10-27-8-11-30-12-9-27/h1-7,14,16-17H,8-13,15H2,(H,25,29). The largest absolute Gasteiger partial charge is 0.492 e. The number of rotatable bonds is 8. The smallest absolute Gasteiger partial charge is 0.254 e. The fourth-order valence-electron chi connectivity index (χ4n) is 3.36. The summed E-state index contributed by atoms with van der Waals surface area (Å²) in [5.41, 5.74) is 2.17. The molecule has 2 heterocycles. The number of nitrogens with one attached hydrogen (secondary N) is 1. The van der Waals surface area contributed by atoms with Gasteiger partial charge in [-0.1, -0.05) is 35.9 Å². The number of amides is 1. The highest BCUT2D eigenvalue weighted by Crippen LogP contribution is 2.19. The molecule has 1 aliphatic rings. The van der Waals surface area contributed by atoms with E-state index in [2.05, 4.69) is 15.3 Å². The number of benzene rings is 2. The Morgan fingerprint density at radius 2 is 2.00 bits per heavy atom.